The second-order valence-electron chi connectivity index (χ2n) is 0.768. The van der Waals surface area contributed by atoms with Gasteiger partial charge in [-0.15, -0.1) is 0 Å². The molecule has 0 aromatic carbocycles. The minimum absolute atomic E-state index is 1.06. The van der Waals surface area contributed by atoms with E-state index in [1.165, 1.54) is 0 Å². The molecule has 7 heavy (non-hydrogen) atoms. The third-order valence-corrected chi connectivity index (χ3v) is 0.683. The highest BCUT2D eigenvalue weighted by Crippen LogP contribution is 1.76. The molecular formula is H4N2O4S. The lowest BCUT2D eigenvalue weighted by atomic mass is 13.2. The van der Waals surface area contributed by atoms with Crippen LogP contribution >= 0.6 is 0 Å². The number of rotatable bonds is 1. The first-order valence-electron chi connectivity index (χ1n) is 1.15. The van der Waals surface area contributed by atoms with Crippen molar-refractivity contribution in [1.82, 2.24) is 4.63 Å². The SMILES string of the molecule is NS(=O)(=O)N(O)O. The highest BCUT2D eigenvalue weighted by atomic mass is 32.2. The molecular weight excluding hydrogens is 124 g/mol. The largest absolute Gasteiger partial charge is 0.322 e. The predicted molar refractivity (Wildman–Crippen MR) is 18.5 cm³/mol. The van der Waals surface area contributed by atoms with Crippen molar-refractivity contribution < 1.29 is 18.8 Å². The van der Waals surface area contributed by atoms with E-state index >= 15 is 0 Å². The molecule has 0 saturated carbocycles. The topological polar surface area (TPSA) is 104 Å². The summed E-state index contributed by atoms with van der Waals surface area (Å²) in [4.78, 5) is 0. The summed E-state index contributed by atoms with van der Waals surface area (Å²) in [5.41, 5.74) is 0. The number of hydrogen-bond acceptors (Lipinski definition) is 4. The van der Waals surface area contributed by atoms with Crippen LogP contribution in [0.4, 0.5) is 0 Å². The van der Waals surface area contributed by atoms with Gasteiger partial charge in [0.2, 0.25) is 0 Å². The molecule has 0 amide bonds. The first-order valence-corrected chi connectivity index (χ1v) is 2.65. The van der Waals surface area contributed by atoms with E-state index in [0.717, 1.165) is 0 Å². The summed E-state index contributed by atoms with van der Waals surface area (Å²) < 4.78 is 18.0. The van der Waals surface area contributed by atoms with Gasteiger partial charge in [0.05, 0.1) is 4.63 Å². The van der Waals surface area contributed by atoms with Crippen molar-refractivity contribution in [2.75, 3.05) is 0 Å². The van der Waals surface area contributed by atoms with Gasteiger partial charge in [-0.1, -0.05) is 0 Å². The maximum Gasteiger partial charge on any atom is 0.322 e. The fourth-order valence-corrected chi connectivity index (χ4v) is 0. The van der Waals surface area contributed by atoms with E-state index in [1.54, 1.807) is 0 Å². The Bertz CT molecular complexity index is 132. The lowest BCUT2D eigenvalue weighted by Gasteiger charge is -1.97. The number of hydrogen-bond donors (Lipinski definition) is 3. The molecule has 0 aromatic heterocycles. The van der Waals surface area contributed by atoms with Gasteiger partial charge >= 0.3 is 10.2 Å². The molecule has 7 heteroatoms. The molecule has 0 aliphatic heterocycles. The maximum atomic E-state index is 9.53. The summed E-state index contributed by atoms with van der Waals surface area (Å²) in [6.45, 7) is 0. The second kappa shape index (κ2) is 1.72. The normalized spacial score (nSPS) is 12.6. The minimum atomic E-state index is -4.30. The Hall–Kier alpha value is -0.210. The van der Waals surface area contributed by atoms with E-state index < -0.39 is 14.8 Å². The highest BCUT2D eigenvalue weighted by Gasteiger charge is 2.07. The lowest BCUT2D eigenvalue weighted by Crippen LogP contribution is -2.30. The Morgan fingerprint density at radius 2 is 1.57 bits per heavy atom. The Balaban J connectivity index is 4.10. The molecule has 4 N–H and O–H groups in total. The first-order chi connectivity index (χ1) is 2.94. The van der Waals surface area contributed by atoms with Gasteiger partial charge < -0.3 is 0 Å². The van der Waals surface area contributed by atoms with Crippen molar-refractivity contribution in [3.63, 3.8) is 0 Å². The van der Waals surface area contributed by atoms with Crippen LogP contribution in [0.25, 0.3) is 0 Å². The summed E-state index contributed by atoms with van der Waals surface area (Å²) in [6, 6.07) is 0. The molecule has 0 saturated heterocycles. The summed E-state index contributed by atoms with van der Waals surface area (Å²) in [5.74, 6) is 0. The summed E-state index contributed by atoms with van der Waals surface area (Å²) in [7, 11) is -4.30. The molecule has 0 rings (SSSR count). The minimum Gasteiger partial charge on any atom is -0.275 e. The molecule has 0 aromatic rings. The van der Waals surface area contributed by atoms with Crippen LogP contribution in [0, 0.1) is 0 Å². The van der Waals surface area contributed by atoms with Gasteiger partial charge in [0, 0.05) is 0 Å². The van der Waals surface area contributed by atoms with Crippen LogP contribution in [0.1, 0.15) is 0 Å². The average Bonchev–Trinajstić information content (AvgIpc) is 1.31. The molecule has 0 fully saturated rings. The van der Waals surface area contributed by atoms with Crippen LogP contribution in [-0.4, -0.2) is 23.5 Å². The molecule has 6 nitrogen and oxygen atoms in total. The third-order valence-electron chi connectivity index (χ3n) is 0.228. The molecule has 0 radical (unpaired) electrons. The van der Waals surface area contributed by atoms with Gasteiger partial charge in [-0.25, -0.2) is 5.14 Å². The first kappa shape index (κ1) is 6.79. The van der Waals surface area contributed by atoms with Crippen molar-refractivity contribution in [3.05, 3.63) is 0 Å². The van der Waals surface area contributed by atoms with Gasteiger partial charge in [-0.2, -0.15) is 8.42 Å². The number of nitrogens with two attached hydrogens (primary N) is 1. The Morgan fingerprint density at radius 3 is 1.57 bits per heavy atom. The average molecular weight is 128 g/mol. The fourth-order valence-electron chi connectivity index (χ4n) is 0. The molecule has 0 bridgehead atoms. The molecule has 44 valence electrons. The van der Waals surface area contributed by atoms with Crippen LogP contribution in [-0.2, 0) is 10.2 Å². The van der Waals surface area contributed by atoms with Gasteiger partial charge in [-0.3, -0.25) is 10.4 Å². The van der Waals surface area contributed by atoms with Crippen LogP contribution in [0.3, 0.4) is 0 Å². The molecule has 0 unspecified atom stereocenters. The predicted octanol–water partition coefficient (Wildman–Crippen LogP) is -1.73. The van der Waals surface area contributed by atoms with E-state index in [1.807, 2.05) is 0 Å². The van der Waals surface area contributed by atoms with E-state index in [2.05, 4.69) is 5.14 Å². The maximum absolute atomic E-state index is 9.53. The summed E-state index contributed by atoms with van der Waals surface area (Å²) in [6.07, 6.45) is 0. The molecule has 0 atom stereocenters. The second-order valence-corrected chi connectivity index (χ2v) is 2.12. The monoisotopic (exact) mass is 128 g/mol. The summed E-state index contributed by atoms with van der Waals surface area (Å²) >= 11 is 0. The van der Waals surface area contributed by atoms with Crippen molar-refractivity contribution in [1.29, 1.82) is 0 Å². The Kier molecular flexibility index (Phi) is 1.67. The summed E-state index contributed by atoms with van der Waals surface area (Å²) in [5, 5.41) is 19.2. The highest BCUT2D eigenvalue weighted by molar-refractivity contribution is 7.86. The van der Waals surface area contributed by atoms with Crippen molar-refractivity contribution in [2.45, 2.75) is 0 Å². The van der Waals surface area contributed by atoms with Gasteiger partial charge in [0.1, 0.15) is 0 Å². The van der Waals surface area contributed by atoms with Crippen LogP contribution in [0.2, 0.25) is 0 Å². The van der Waals surface area contributed by atoms with Crippen molar-refractivity contribution in [2.24, 2.45) is 5.14 Å². The molecule has 0 spiro atoms. The lowest BCUT2D eigenvalue weighted by molar-refractivity contribution is -0.226. The van der Waals surface area contributed by atoms with Crippen molar-refractivity contribution >= 4 is 10.2 Å². The standard InChI is InChI=1S/H4N2O4S/c1-7(5,6)2(3)4/h3-4H,(H2,1,5,6). The van der Waals surface area contributed by atoms with E-state index in [4.69, 9.17) is 10.4 Å². The zero-order valence-electron chi connectivity index (χ0n) is 3.14. The van der Waals surface area contributed by atoms with Crippen molar-refractivity contribution in [3.8, 4) is 0 Å². The quantitative estimate of drug-likeness (QED) is 0.365. The zero-order chi connectivity index (χ0) is 6.08. The molecule has 0 aliphatic rings. The smallest absolute Gasteiger partial charge is 0.275 e. The third kappa shape index (κ3) is 2.48. The molecule has 0 heterocycles. The van der Waals surface area contributed by atoms with Gasteiger partial charge in [0.15, 0.2) is 0 Å². The van der Waals surface area contributed by atoms with E-state index in [-0.39, 0.29) is 0 Å². The molecule has 0 aliphatic carbocycles. The van der Waals surface area contributed by atoms with Crippen LogP contribution < -0.4 is 5.14 Å². The van der Waals surface area contributed by atoms with E-state index in [0.29, 0.717) is 0 Å². The fraction of sp³-hybridized carbons (Fsp3) is 0. The van der Waals surface area contributed by atoms with E-state index in [9.17, 15) is 8.42 Å². The number of nitrogens with zero attached hydrogens (tertiary/aromatic N) is 1. The van der Waals surface area contributed by atoms with Gasteiger partial charge in [0.25, 0.3) is 0 Å². The van der Waals surface area contributed by atoms with Crippen LogP contribution in [0.5, 0.6) is 0 Å². The van der Waals surface area contributed by atoms with Crippen LogP contribution in [0.15, 0.2) is 0 Å². The Labute approximate surface area is 39.9 Å². The Morgan fingerprint density at radius 1 is 1.43 bits per heavy atom. The zero-order valence-corrected chi connectivity index (χ0v) is 3.96. The van der Waals surface area contributed by atoms with Gasteiger partial charge in [-0.05, 0) is 0 Å².